The van der Waals surface area contributed by atoms with Crippen LogP contribution in [-0.4, -0.2) is 27.4 Å². The Balaban J connectivity index is 0.00000156. The van der Waals surface area contributed by atoms with E-state index in [2.05, 4.69) is 20.7 Å². The molecule has 124 valence electrons. The number of benzene rings is 1. The highest BCUT2D eigenvalue weighted by Crippen LogP contribution is 2.42. The van der Waals surface area contributed by atoms with Crippen molar-refractivity contribution in [3.8, 4) is 0 Å². The number of amides is 1. The second kappa shape index (κ2) is 6.45. The highest BCUT2D eigenvalue weighted by Gasteiger charge is 2.40. The van der Waals surface area contributed by atoms with Crippen molar-refractivity contribution >= 4 is 35.0 Å². The van der Waals surface area contributed by atoms with Crippen LogP contribution in [0.15, 0.2) is 18.2 Å². The van der Waals surface area contributed by atoms with Crippen LogP contribution in [0.1, 0.15) is 32.1 Å². The lowest BCUT2D eigenvalue weighted by Gasteiger charge is -2.43. The number of nitrogens with zero attached hydrogens (tertiary/aromatic N) is 2. The summed E-state index contributed by atoms with van der Waals surface area (Å²) < 4.78 is 0. The predicted octanol–water partition coefficient (Wildman–Crippen LogP) is 2.47. The highest BCUT2D eigenvalue weighted by atomic mass is 35.5. The van der Waals surface area contributed by atoms with E-state index in [4.69, 9.17) is 5.73 Å². The number of hydrogen-bond acceptors (Lipinski definition) is 4. The van der Waals surface area contributed by atoms with Crippen LogP contribution in [0.25, 0.3) is 11.0 Å². The number of H-pyrrole nitrogens is 1. The standard InChI is InChI=1S/C16H21N5O.ClH/c17-15-9-2-1-3-10(15)7-11(6-9)16(22)18-12-4-5-13-14(8-12)20-21-19-13;/h4-5,8-11,15H,1-3,6-7,17H2,(H,18,22)(H,19,20,21);1H. The third kappa shape index (κ3) is 3.05. The maximum absolute atomic E-state index is 12.6. The van der Waals surface area contributed by atoms with Gasteiger partial charge in [0.2, 0.25) is 5.91 Å². The van der Waals surface area contributed by atoms with Crippen LogP contribution in [0, 0.1) is 17.8 Å². The zero-order valence-electron chi connectivity index (χ0n) is 12.9. The fraction of sp³-hybridized carbons (Fsp3) is 0.562. The first kappa shape index (κ1) is 16.2. The fourth-order valence-corrected chi connectivity index (χ4v) is 4.17. The van der Waals surface area contributed by atoms with Gasteiger partial charge in [0.25, 0.3) is 0 Å². The SMILES string of the molecule is Cl.NC1C2CCCC1CC(C(=O)Nc1ccc3n[nH]nc3c1)C2. The zero-order valence-corrected chi connectivity index (χ0v) is 13.7. The lowest BCUT2D eigenvalue weighted by atomic mass is 9.65. The van der Waals surface area contributed by atoms with E-state index < -0.39 is 0 Å². The molecule has 0 saturated heterocycles. The van der Waals surface area contributed by atoms with Crippen LogP contribution in [0.4, 0.5) is 5.69 Å². The van der Waals surface area contributed by atoms with Gasteiger partial charge in [-0.05, 0) is 55.7 Å². The minimum Gasteiger partial charge on any atom is -0.327 e. The molecule has 7 heteroatoms. The van der Waals surface area contributed by atoms with Gasteiger partial charge in [-0.25, -0.2) is 0 Å². The van der Waals surface area contributed by atoms with Gasteiger partial charge in [-0.15, -0.1) is 12.4 Å². The number of nitrogens with one attached hydrogen (secondary N) is 2. The number of carbonyl (C=O) groups excluding carboxylic acids is 1. The minimum atomic E-state index is 0. The van der Waals surface area contributed by atoms with Crippen LogP contribution >= 0.6 is 12.4 Å². The van der Waals surface area contributed by atoms with Gasteiger partial charge in [-0.3, -0.25) is 4.79 Å². The summed E-state index contributed by atoms with van der Waals surface area (Å²) in [5.74, 6) is 1.23. The highest BCUT2D eigenvalue weighted by molar-refractivity contribution is 5.94. The van der Waals surface area contributed by atoms with E-state index in [1.165, 1.54) is 19.3 Å². The van der Waals surface area contributed by atoms with Crippen molar-refractivity contribution in [3.05, 3.63) is 18.2 Å². The molecular formula is C16H22ClN5O. The van der Waals surface area contributed by atoms with Crippen molar-refractivity contribution in [2.45, 2.75) is 38.1 Å². The van der Waals surface area contributed by atoms with Gasteiger partial charge >= 0.3 is 0 Å². The van der Waals surface area contributed by atoms with Crippen molar-refractivity contribution < 1.29 is 4.79 Å². The van der Waals surface area contributed by atoms with Crippen molar-refractivity contribution in [2.75, 3.05) is 5.32 Å². The third-order valence-corrected chi connectivity index (χ3v) is 5.37. The maximum Gasteiger partial charge on any atom is 0.227 e. The molecule has 2 unspecified atom stereocenters. The quantitative estimate of drug-likeness (QED) is 0.785. The number of nitrogens with two attached hydrogens (primary N) is 1. The van der Waals surface area contributed by atoms with E-state index in [1.54, 1.807) is 0 Å². The fourth-order valence-electron chi connectivity index (χ4n) is 4.17. The average Bonchev–Trinajstić information content (AvgIpc) is 2.94. The first-order valence-electron chi connectivity index (χ1n) is 8.07. The largest absolute Gasteiger partial charge is 0.327 e. The van der Waals surface area contributed by atoms with Crippen LogP contribution in [-0.2, 0) is 4.79 Å². The molecule has 2 aromatic rings. The summed E-state index contributed by atoms with van der Waals surface area (Å²) in [6, 6.07) is 5.88. The molecule has 4 N–H and O–H groups in total. The Hall–Kier alpha value is -1.66. The Morgan fingerprint density at radius 2 is 1.87 bits per heavy atom. The van der Waals surface area contributed by atoms with Crippen molar-refractivity contribution in [1.82, 2.24) is 15.4 Å². The molecule has 2 aliphatic rings. The molecule has 6 nitrogen and oxygen atoms in total. The van der Waals surface area contributed by atoms with E-state index in [9.17, 15) is 4.79 Å². The number of aromatic amines is 1. The molecule has 1 aromatic carbocycles. The Kier molecular flexibility index (Phi) is 4.55. The Morgan fingerprint density at radius 3 is 2.61 bits per heavy atom. The Morgan fingerprint density at radius 1 is 1.17 bits per heavy atom. The summed E-state index contributed by atoms with van der Waals surface area (Å²) in [7, 11) is 0. The van der Waals surface area contributed by atoms with Crippen LogP contribution in [0.5, 0.6) is 0 Å². The molecule has 2 saturated carbocycles. The number of halogens is 1. The summed E-state index contributed by atoms with van der Waals surface area (Å²) in [6.07, 6.45) is 5.46. The molecule has 0 radical (unpaired) electrons. The van der Waals surface area contributed by atoms with Gasteiger partial charge in [0.15, 0.2) is 0 Å². The molecule has 2 atom stereocenters. The van der Waals surface area contributed by atoms with Gasteiger partial charge in [0, 0.05) is 17.6 Å². The normalized spacial score (nSPS) is 29.8. The van der Waals surface area contributed by atoms with Crippen LogP contribution < -0.4 is 11.1 Å². The van der Waals surface area contributed by atoms with E-state index >= 15 is 0 Å². The maximum atomic E-state index is 12.6. The van der Waals surface area contributed by atoms with Gasteiger partial charge < -0.3 is 11.1 Å². The van der Waals surface area contributed by atoms with E-state index in [-0.39, 0.29) is 24.2 Å². The van der Waals surface area contributed by atoms with E-state index in [0.29, 0.717) is 17.9 Å². The van der Waals surface area contributed by atoms with Gasteiger partial charge in [-0.2, -0.15) is 15.4 Å². The first-order chi connectivity index (χ1) is 10.7. The minimum absolute atomic E-state index is 0. The molecule has 1 aromatic heterocycles. The molecule has 1 heterocycles. The zero-order chi connectivity index (χ0) is 15.1. The summed E-state index contributed by atoms with van der Waals surface area (Å²) in [5, 5.41) is 13.7. The molecule has 2 aliphatic carbocycles. The van der Waals surface area contributed by atoms with E-state index in [0.717, 1.165) is 29.6 Å². The molecule has 23 heavy (non-hydrogen) atoms. The number of carbonyl (C=O) groups is 1. The molecule has 4 rings (SSSR count). The Labute approximate surface area is 141 Å². The number of anilines is 1. The molecule has 0 aliphatic heterocycles. The average molecular weight is 336 g/mol. The molecule has 0 spiro atoms. The number of rotatable bonds is 2. The Bertz CT molecular complexity index is 689. The summed E-state index contributed by atoms with van der Waals surface area (Å²) in [5.41, 5.74) is 8.65. The summed E-state index contributed by atoms with van der Waals surface area (Å²) >= 11 is 0. The molecule has 2 bridgehead atoms. The van der Waals surface area contributed by atoms with Gasteiger partial charge in [0.05, 0.1) is 0 Å². The molecule has 2 fully saturated rings. The van der Waals surface area contributed by atoms with Gasteiger partial charge in [0.1, 0.15) is 11.0 Å². The van der Waals surface area contributed by atoms with Crippen molar-refractivity contribution in [1.29, 1.82) is 0 Å². The monoisotopic (exact) mass is 335 g/mol. The van der Waals surface area contributed by atoms with E-state index in [1.807, 2.05) is 18.2 Å². The van der Waals surface area contributed by atoms with Crippen molar-refractivity contribution in [2.24, 2.45) is 23.5 Å². The third-order valence-electron chi connectivity index (χ3n) is 5.37. The second-order valence-corrected chi connectivity index (χ2v) is 6.71. The smallest absolute Gasteiger partial charge is 0.227 e. The topological polar surface area (TPSA) is 96.7 Å². The number of aromatic nitrogens is 3. The van der Waals surface area contributed by atoms with Crippen molar-refractivity contribution in [3.63, 3.8) is 0 Å². The lowest BCUT2D eigenvalue weighted by molar-refractivity contribution is -0.122. The summed E-state index contributed by atoms with van der Waals surface area (Å²) in [6.45, 7) is 0. The lowest BCUT2D eigenvalue weighted by Crippen LogP contribution is -2.48. The van der Waals surface area contributed by atoms with Gasteiger partial charge in [-0.1, -0.05) is 6.42 Å². The number of hydrogen-bond donors (Lipinski definition) is 3. The predicted molar refractivity (Wildman–Crippen MR) is 91.3 cm³/mol. The first-order valence-corrected chi connectivity index (χ1v) is 8.07. The molecule has 1 amide bonds. The van der Waals surface area contributed by atoms with Crippen LogP contribution in [0.3, 0.4) is 0 Å². The second-order valence-electron chi connectivity index (χ2n) is 6.71. The summed E-state index contributed by atoms with van der Waals surface area (Å²) in [4.78, 5) is 12.6. The van der Waals surface area contributed by atoms with Crippen LogP contribution in [0.2, 0.25) is 0 Å². The number of fused-ring (bicyclic) bond motifs is 3. The molecular weight excluding hydrogens is 314 g/mol.